The summed E-state index contributed by atoms with van der Waals surface area (Å²) in [6.45, 7) is 0. The summed E-state index contributed by atoms with van der Waals surface area (Å²) < 4.78 is 18.1. The summed E-state index contributed by atoms with van der Waals surface area (Å²) in [5, 5.41) is 1.42. The van der Waals surface area contributed by atoms with Crippen LogP contribution in [0.3, 0.4) is 0 Å². The lowest BCUT2D eigenvalue weighted by Crippen LogP contribution is -2.09. The van der Waals surface area contributed by atoms with Gasteiger partial charge in [0.15, 0.2) is 5.78 Å². The second-order valence-electron chi connectivity index (χ2n) is 4.00. The summed E-state index contributed by atoms with van der Waals surface area (Å²) >= 11 is 3.10. The molecule has 0 N–H and O–H groups in total. The molecule has 0 aromatic heterocycles. The van der Waals surface area contributed by atoms with Crippen LogP contribution in [0.25, 0.3) is 10.8 Å². The summed E-state index contributed by atoms with van der Waals surface area (Å²) in [6, 6.07) is 7.83. The molecule has 0 unspecified atom stereocenters. The maximum atomic E-state index is 13.4. The molecule has 5 heteroatoms. The predicted octanol–water partition coefficient (Wildman–Crippen LogP) is 3.49. The topological polar surface area (TPSA) is 43.4 Å². The molecule has 3 nitrogen and oxygen atoms in total. The van der Waals surface area contributed by atoms with Crippen LogP contribution in [0.4, 0.5) is 4.39 Å². The van der Waals surface area contributed by atoms with Crippen LogP contribution in [0.15, 0.2) is 34.8 Å². The van der Waals surface area contributed by atoms with E-state index in [2.05, 4.69) is 20.7 Å². The number of hydrogen-bond donors (Lipinski definition) is 0. The molecule has 0 radical (unpaired) electrons. The molecular formula is C14H10BrFO3. The third-order valence-electron chi connectivity index (χ3n) is 2.73. The molecule has 0 spiro atoms. The minimum Gasteiger partial charge on any atom is -0.469 e. The Morgan fingerprint density at radius 2 is 1.95 bits per heavy atom. The number of esters is 1. The third kappa shape index (κ3) is 2.98. The molecule has 0 heterocycles. The fourth-order valence-corrected chi connectivity index (χ4v) is 2.08. The summed E-state index contributed by atoms with van der Waals surface area (Å²) in [4.78, 5) is 22.9. The Kier molecular flexibility index (Phi) is 3.95. The Bertz CT molecular complexity index is 667. The van der Waals surface area contributed by atoms with E-state index >= 15 is 0 Å². The van der Waals surface area contributed by atoms with Gasteiger partial charge < -0.3 is 4.74 Å². The summed E-state index contributed by atoms with van der Waals surface area (Å²) in [5.74, 6) is -1.26. The van der Waals surface area contributed by atoms with Crippen molar-refractivity contribution in [1.82, 2.24) is 0 Å². The van der Waals surface area contributed by atoms with E-state index in [4.69, 9.17) is 0 Å². The van der Waals surface area contributed by atoms with Crippen molar-refractivity contribution in [2.75, 3.05) is 7.11 Å². The molecule has 0 aliphatic carbocycles. The fraction of sp³-hybridized carbons (Fsp3) is 0.143. The van der Waals surface area contributed by atoms with E-state index in [1.54, 1.807) is 24.3 Å². The lowest BCUT2D eigenvalue weighted by atomic mass is 10.0. The average molecular weight is 325 g/mol. The van der Waals surface area contributed by atoms with Gasteiger partial charge in [0.2, 0.25) is 0 Å². The van der Waals surface area contributed by atoms with Crippen molar-refractivity contribution in [2.24, 2.45) is 0 Å². The van der Waals surface area contributed by atoms with Gasteiger partial charge in [-0.25, -0.2) is 4.39 Å². The van der Waals surface area contributed by atoms with Crippen molar-refractivity contribution in [1.29, 1.82) is 0 Å². The summed E-state index contributed by atoms with van der Waals surface area (Å²) in [6.07, 6.45) is -0.301. The van der Waals surface area contributed by atoms with Crippen molar-refractivity contribution in [3.63, 3.8) is 0 Å². The highest BCUT2D eigenvalue weighted by molar-refractivity contribution is 9.10. The van der Waals surface area contributed by atoms with Crippen LogP contribution in [0.1, 0.15) is 16.8 Å². The molecule has 0 aliphatic heterocycles. The van der Waals surface area contributed by atoms with Gasteiger partial charge in [-0.05, 0) is 44.9 Å². The van der Waals surface area contributed by atoms with Crippen molar-refractivity contribution in [3.05, 3.63) is 46.2 Å². The SMILES string of the molecule is COC(=O)CC(=O)c1ccc2cc(F)c(Br)cc2c1. The monoisotopic (exact) mass is 324 g/mol. The molecule has 98 valence electrons. The average Bonchev–Trinajstić information content (AvgIpc) is 2.39. The number of Topliss-reactive ketones (excluding diaryl/α,β-unsaturated/α-hetero) is 1. The maximum Gasteiger partial charge on any atom is 0.313 e. The van der Waals surface area contributed by atoms with Crippen LogP contribution in [0.2, 0.25) is 0 Å². The number of benzene rings is 2. The largest absolute Gasteiger partial charge is 0.469 e. The van der Waals surface area contributed by atoms with Crippen molar-refractivity contribution >= 4 is 38.5 Å². The van der Waals surface area contributed by atoms with E-state index in [9.17, 15) is 14.0 Å². The molecule has 2 rings (SSSR count). The minimum atomic E-state index is -0.578. The Labute approximate surface area is 117 Å². The predicted molar refractivity (Wildman–Crippen MR) is 72.6 cm³/mol. The molecular weight excluding hydrogens is 315 g/mol. The zero-order chi connectivity index (χ0) is 14.0. The van der Waals surface area contributed by atoms with Crippen LogP contribution in [-0.4, -0.2) is 18.9 Å². The van der Waals surface area contributed by atoms with Gasteiger partial charge in [-0.3, -0.25) is 9.59 Å². The van der Waals surface area contributed by atoms with Gasteiger partial charge in [-0.15, -0.1) is 0 Å². The van der Waals surface area contributed by atoms with E-state index in [0.717, 1.165) is 5.39 Å². The molecule has 0 aliphatic rings. The zero-order valence-corrected chi connectivity index (χ0v) is 11.7. The first-order valence-electron chi connectivity index (χ1n) is 5.50. The summed E-state index contributed by atoms with van der Waals surface area (Å²) in [5.41, 5.74) is 0.399. The number of fused-ring (bicyclic) bond motifs is 1. The molecule has 0 fully saturated rings. The second-order valence-corrected chi connectivity index (χ2v) is 4.86. The lowest BCUT2D eigenvalue weighted by molar-refractivity contribution is -0.139. The Hall–Kier alpha value is -1.75. The Morgan fingerprint density at radius 3 is 2.63 bits per heavy atom. The van der Waals surface area contributed by atoms with Crippen LogP contribution in [0.5, 0.6) is 0 Å². The Morgan fingerprint density at radius 1 is 1.21 bits per heavy atom. The first kappa shape index (κ1) is 13.7. The van der Waals surface area contributed by atoms with E-state index in [1.165, 1.54) is 13.2 Å². The smallest absolute Gasteiger partial charge is 0.313 e. The molecule has 0 atom stereocenters. The first-order valence-corrected chi connectivity index (χ1v) is 6.29. The highest BCUT2D eigenvalue weighted by Crippen LogP contribution is 2.24. The molecule has 0 saturated heterocycles. The molecule has 19 heavy (non-hydrogen) atoms. The Balaban J connectivity index is 2.38. The minimum absolute atomic E-state index is 0.301. The number of methoxy groups -OCH3 is 1. The van der Waals surface area contributed by atoms with Crippen LogP contribution < -0.4 is 0 Å². The van der Waals surface area contributed by atoms with Crippen molar-refractivity contribution < 1.29 is 18.7 Å². The van der Waals surface area contributed by atoms with Crippen molar-refractivity contribution in [2.45, 2.75) is 6.42 Å². The van der Waals surface area contributed by atoms with Gasteiger partial charge in [0.1, 0.15) is 12.2 Å². The number of ether oxygens (including phenoxy) is 1. The van der Waals surface area contributed by atoms with Crippen LogP contribution in [0, 0.1) is 5.82 Å². The van der Waals surface area contributed by atoms with Crippen molar-refractivity contribution in [3.8, 4) is 0 Å². The number of carbonyl (C=O) groups excluding carboxylic acids is 2. The molecule has 2 aromatic rings. The second kappa shape index (κ2) is 5.48. The standard InChI is InChI=1S/C14H10BrFO3/c1-19-14(18)7-13(17)9-3-2-8-6-12(16)11(15)5-10(8)4-9/h2-6H,7H2,1H3. The fourth-order valence-electron chi connectivity index (χ4n) is 1.72. The van der Waals surface area contributed by atoms with E-state index in [-0.39, 0.29) is 18.0 Å². The molecule has 0 bridgehead atoms. The van der Waals surface area contributed by atoms with Gasteiger partial charge >= 0.3 is 5.97 Å². The normalized spacial score (nSPS) is 10.5. The number of rotatable bonds is 3. The maximum absolute atomic E-state index is 13.4. The quantitative estimate of drug-likeness (QED) is 0.493. The lowest BCUT2D eigenvalue weighted by Gasteiger charge is -2.04. The van der Waals surface area contributed by atoms with Gasteiger partial charge in [0.25, 0.3) is 0 Å². The number of halogens is 2. The third-order valence-corrected chi connectivity index (χ3v) is 3.34. The van der Waals surface area contributed by atoms with E-state index < -0.39 is 5.97 Å². The highest BCUT2D eigenvalue weighted by Gasteiger charge is 2.13. The first-order chi connectivity index (χ1) is 9.01. The van der Waals surface area contributed by atoms with E-state index in [1.807, 2.05) is 0 Å². The van der Waals surface area contributed by atoms with Gasteiger partial charge in [0, 0.05) is 5.56 Å². The number of carbonyl (C=O) groups is 2. The molecule has 2 aromatic carbocycles. The van der Waals surface area contributed by atoms with Crippen LogP contribution in [-0.2, 0) is 9.53 Å². The van der Waals surface area contributed by atoms with Gasteiger partial charge in [-0.2, -0.15) is 0 Å². The molecule has 0 amide bonds. The van der Waals surface area contributed by atoms with Crippen LogP contribution >= 0.6 is 15.9 Å². The van der Waals surface area contributed by atoms with E-state index in [0.29, 0.717) is 15.4 Å². The zero-order valence-electron chi connectivity index (χ0n) is 10.1. The highest BCUT2D eigenvalue weighted by atomic mass is 79.9. The molecule has 0 saturated carbocycles. The summed E-state index contributed by atoms with van der Waals surface area (Å²) in [7, 11) is 1.23. The number of ketones is 1. The number of hydrogen-bond acceptors (Lipinski definition) is 3. The van der Waals surface area contributed by atoms with Gasteiger partial charge in [-0.1, -0.05) is 12.1 Å². The van der Waals surface area contributed by atoms with Gasteiger partial charge in [0.05, 0.1) is 11.6 Å².